The molecule has 0 radical (unpaired) electrons. The van der Waals surface area contributed by atoms with Gasteiger partial charge in [0.25, 0.3) is 0 Å². The fourth-order valence-electron chi connectivity index (χ4n) is 5.66. The fourth-order valence-corrected chi connectivity index (χ4v) is 6.77. The first kappa shape index (κ1) is 26.8. The minimum Gasteiger partial charge on any atom is -0.390 e. The van der Waals surface area contributed by atoms with Crippen molar-refractivity contribution in [3.8, 4) is 10.6 Å². The molecule has 0 spiro atoms. The third-order valence-electron chi connectivity index (χ3n) is 7.92. The summed E-state index contributed by atoms with van der Waals surface area (Å²) in [4.78, 5) is 17.8. The van der Waals surface area contributed by atoms with Crippen LogP contribution in [-0.4, -0.2) is 65.3 Å². The van der Waals surface area contributed by atoms with Crippen LogP contribution in [0.5, 0.6) is 0 Å². The zero-order chi connectivity index (χ0) is 28.6. The van der Waals surface area contributed by atoms with Crippen molar-refractivity contribution in [2.45, 2.75) is 63.3 Å². The molecule has 6 rings (SSSR count). The number of hydrogen-bond acceptors (Lipinski definition) is 10. The highest BCUT2D eigenvalue weighted by atomic mass is 32.1. The van der Waals surface area contributed by atoms with Crippen molar-refractivity contribution in [2.75, 3.05) is 10.6 Å². The minimum absolute atomic E-state index is 0.0477. The molecular formula is C27H27F3N6O3S. The monoisotopic (exact) mass is 572 g/mol. The summed E-state index contributed by atoms with van der Waals surface area (Å²) < 4.78 is 43.6. The first-order valence-electron chi connectivity index (χ1n) is 12.7. The molecule has 0 bridgehead atoms. The first-order valence-corrected chi connectivity index (χ1v) is 13.6. The van der Waals surface area contributed by atoms with E-state index in [2.05, 4.69) is 25.6 Å². The van der Waals surface area contributed by atoms with Gasteiger partial charge in [0.15, 0.2) is 6.04 Å². The van der Waals surface area contributed by atoms with E-state index in [9.17, 15) is 28.5 Å². The SMILES string of the molecule is Cc1ccccc1[C@H](Nc1nc(C)c(-c2nc3c(C)nccc3s2)c(N[C@@H]2C[C@@H]3C(O)[C@]3(O)[C@H]2O)n1)C(F)(F)F. The lowest BCUT2D eigenvalue weighted by Gasteiger charge is -2.26. The Morgan fingerprint density at radius 3 is 2.42 bits per heavy atom. The van der Waals surface area contributed by atoms with Crippen LogP contribution in [-0.2, 0) is 0 Å². The van der Waals surface area contributed by atoms with Gasteiger partial charge in [0.1, 0.15) is 28.0 Å². The molecule has 3 heterocycles. The molecule has 2 saturated carbocycles. The molecular weight excluding hydrogens is 545 g/mol. The Morgan fingerprint density at radius 2 is 1.77 bits per heavy atom. The molecule has 3 aromatic heterocycles. The Bertz CT molecular complexity index is 1610. The Kier molecular flexibility index (Phi) is 6.26. The number of fused-ring (bicyclic) bond motifs is 2. The number of nitrogens with zero attached hydrogens (tertiary/aromatic N) is 4. The van der Waals surface area contributed by atoms with Crippen LogP contribution in [0.25, 0.3) is 20.8 Å². The van der Waals surface area contributed by atoms with Crippen LogP contribution < -0.4 is 10.6 Å². The predicted octanol–water partition coefficient (Wildman–Crippen LogP) is 4.06. The van der Waals surface area contributed by atoms with Gasteiger partial charge in [0, 0.05) is 12.1 Å². The maximum atomic E-state index is 14.2. The number of alkyl halides is 3. The second-order valence-corrected chi connectivity index (χ2v) is 11.5. The summed E-state index contributed by atoms with van der Waals surface area (Å²) in [5.74, 6) is -0.602. The largest absolute Gasteiger partial charge is 0.412 e. The minimum atomic E-state index is -4.64. The lowest BCUT2D eigenvalue weighted by Crippen LogP contribution is -2.42. The lowest BCUT2D eigenvalue weighted by atomic mass is 10.0. The van der Waals surface area contributed by atoms with Gasteiger partial charge in [0.05, 0.1) is 33.8 Å². The quantitative estimate of drug-likeness (QED) is 0.232. The second-order valence-electron chi connectivity index (χ2n) is 10.5. The Balaban J connectivity index is 1.43. The molecule has 6 atom stereocenters. The third kappa shape index (κ3) is 4.28. The molecule has 2 aliphatic rings. The number of aliphatic hydroxyl groups is 3. The normalized spacial score (nSPS) is 26.5. The summed E-state index contributed by atoms with van der Waals surface area (Å²) >= 11 is 1.36. The smallest absolute Gasteiger partial charge is 0.390 e. The van der Waals surface area contributed by atoms with E-state index in [0.717, 1.165) is 10.4 Å². The molecule has 2 fully saturated rings. The van der Waals surface area contributed by atoms with Crippen molar-refractivity contribution in [2.24, 2.45) is 5.92 Å². The topological polar surface area (TPSA) is 136 Å². The van der Waals surface area contributed by atoms with Crippen molar-refractivity contribution in [3.05, 3.63) is 59.0 Å². The third-order valence-corrected chi connectivity index (χ3v) is 8.96. The number of thiazole rings is 1. The number of nitrogens with one attached hydrogen (secondary N) is 2. The molecule has 2 aliphatic carbocycles. The van der Waals surface area contributed by atoms with Gasteiger partial charge in [-0.2, -0.15) is 18.2 Å². The van der Waals surface area contributed by atoms with Crippen molar-refractivity contribution in [3.63, 3.8) is 0 Å². The van der Waals surface area contributed by atoms with E-state index in [0.29, 0.717) is 27.3 Å². The standard InChI is InChI=1S/C27H27F3N6O3S/c1-11-6-4-5-7-14(11)20(27(28,29)30)35-25-32-12(2)18(24-34-19-13(3)31-9-8-17(19)40-24)23(36-25)33-16-10-15-21(37)26(15,39)22(16)38/h4-9,15-16,20-22,37-39H,10H2,1-3H3,(H2,32,33,35,36)/t15-,16-,20+,21?,22+,26+/m1/s1. The first-order chi connectivity index (χ1) is 18.9. The van der Waals surface area contributed by atoms with Gasteiger partial charge in [-0.25, -0.2) is 9.97 Å². The maximum absolute atomic E-state index is 14.2. The molecule has 5 N–H and O–H groups in total. The van der Waals surface area contributed by atoms with E-state index in [1.54, 1.807) is 38.2 Å². The summed E-state index contributed by atoms with van der Waals surface area (Å²) in [6.07, 6.45) is -5.04. The van der Waals surface area contributed by atoms with Crippen LogP contribution in [0.1, 0.15) is 35.0 Å². The van der Waals surface area contributed by atoms with Crippen molar-refractivity contribution < 1.29 is 28.5 Å². The van der Waals surface area contributed by atoms with Crippen molar-refractivity contribution in [1.82, 2.24) is 19.9 Å². The maximum Gasteiger partial charge on any atom is 0.412 e. The molecule has 4 aromatic rings. The van der Waals surface area contributed by atoms with Gasteiger partial charge in [0.2, 0.25) is 5.95 Å². The molecule has 0 saturated heterocycles. The number of anilines is 2. The molecule has 210 valence electrons. The van der Waals surface area contributed by atoms with Crippen LogP contribution >= 0.6 is 11.3 Å². The number of aliphatic hydroxyl groups excluding tert-OH is 2. The summed E-state index contributed by atoms with van der Waals surface area (Å²) in [6.45, 7) is 5.09. The van der Waals surface area contributed by atoms with Gasteiger partial charge >= 0.3 is 6.18 Å². The van der Waals surface area contributed by atoms with Crippen LogP contribution in [0.2, 0.25) is 0 Å². The lowest BCUT2D eigenvalue weighted by molar-refractivity contribution is -0.144. The van der Waals surface area contributed by atoms with E-state index in [1.165, 1.54) is 17.4 Å². The summed E-state index contributed by atoms with van der Waals surface area (Å²) in [7, 11) is 0. The van der Waals surface area contributed by atoms with E-state index in [1.807, 2.05) is 13.0 Å². The molecule has 0 amide bonds. The number of pyridine rings is 1. The van der Waals surface area contributed by atoms with E-state index in [-0.39, 0.29) is 23.8 Å². The molecule has 13 heteroatoms. The number of hydrogen-bond donors (Lipinski definition) is 5. The number of aromatic nitrogens is 4. The molecule has 1 unspecified atom stereocenters. The van der Waals surface area contributed by atoms with E-state index < -0.39 is 42.0 Å². The van der Waals surface area contributed by atoms with Gasteiger partial charge < -0.3 is 26.0 Å². The number of halogens is 3. The Morgan fingerprint density at radius 1 is 1.02 bits per heavy atom. The molecule has 1 aromatic carbocycles. The van der Waals surface area contributed by atoms with Crippen molar-refractivity contribution in [1.29, 1.82) is 0 Å². The molecule has 40 heavy (non-hydrogen) atoms. The zero-order valence-electron chi connectivity index (χ0n) is 21.7. The van der Waals surface area contributed by atoms with Crippen LogP contribution in [0.3, 0.4) is 0 Å². The highest BCUT2D eigenvalue weighted by Gasteiger charge is 2.74. The average Bonchev–Trinajstić information content (AvgIpc) is 3.17. The molecule has 0 aliphatic heterocycles. The van der Waals surface area contributed by atoms with Gasteiger partial charge in [-0.05, 0) is 44.4 Å². The average molecular weight is 573 g/mol. The van der Waals surface area contributed by atoms with Crippen molar-refractivity contribution >= 4 is 33.3 Å². The van der Waals surface area contributed by atoms with E-state index >= 15 is 0 Å². The Labute approximate surface area is 231 Å². The van der Waals surface area contributed by atoms with Crippen LogP contribution in [0, 0.1) is 26.7 Å². The van der Waals surface area contributed by atoms with Gasteiger partial charge in [-0.15, -0.1) is 11.3 Å². The Hall–Kier alpha value is -3.39. The highest BCUT2D eigenvalue weighted by molar-refractivity contribution is 7.21. The number of benzene rings is 1. The fraction of sp³-hybridized carbons (Fsp3) is 0.407. The second kappa shape index (κ2) is 9.33. The number of aryl methyl sites for hydroxylation is 3. The summed E-state index contributed by atoms with van der Waals surface area (Å²) in [5, 5.41) is 37.5. The van der Waals surface area contributed by atoms with Gasteiger partial charge in [-0.3, -0.25) is 4.98 Å². The van der Waals surface area contributed by atoms with Crippen LogP contribution in [0.4, 0.5) is 24.9 Å². The van der Waals surface area contributed by atoms with E-state index in [4.69, 9.17) is 4.98 Å². The summed E-state index contributed by atoms with van der Waals surface area (Å²) in [6, 6.07) is 5.28. The highest BCUT2D eigenvalue weighted by Crippen LogP contribution is 2.56. The summed E-state index contributed by atoms with van der Waals surface area (Å²) in [5.41, 5.74) is 1.13. The predicted molar refractivity (Wildman–Crippen MR) is 144 cm³/mol. The van der Waals surface area contributed by atoms with Gasteiger partial charge in [-0.1, -0.05) is 24.3 Å². The molecule has 9 nitrogen and oxygen atoms in total. The van der Waals surface area contributed by atoms with Crippen LogP contribution in [0.15, 0.2) is 36.5 Å². The zero-order valence-corrected chi connectivity index (χ0v) is 22.5. The number of rotatable bonds is 6.